The van der Waals surface area contributed by atoms with Gasteiger partial charge in [-0.1, -0.05) is 36.0 Å². The maximum atomic E-state index is 12.9. The third-order valence-electron chi connectivity index (χ3n) is 4.90. The molecule has 1 N–H and O–H groups in total. The van der Waals surface area contributed by atoms with Gasteiger partial charge in [0.1, 0.15) is 5.75 Å². The summed E-state index contributed by atoms with van der Waals surface area (Å²) in [7, 11) is 1.64. The number of aromatic amines is 1. The quantitative estimate of drug-likeness (QED) is 0.670. The van der Waals surface area contributed by atoms with E-state index in [0.717, 1.165) is 24.3 Å². The number of H-pyrrole nitrogens is 1. The Morgan fingerprint density at radius 2 is 1.93 bits per heavy atom. The van der Waals surface area contributed by atoms with E-state index in [1.54, 1.807) is 7.11 Å². The Morgan fingerprint density at radius 3 is 2.68 bits per heavy atom. The van der Waals surface area contributed by atoms with Crippen LogP contribution < -0.4 is 4.74 Å². The van der Waals surface area contributed by atoms with Crippen LogP contribution in [0.5, 0.6) is 5.75 Å². The molecule has 1 aliphatic rings. The molecule has 4 rings (SSSR count). The highest BCUT2D eigenvalue weighted by Crippen LogP contribution is 2.26. The van der Waals surface area contributed by atoms with Crippen LogP contribution in [0, 0.1) is 0 Å². The van der Waals surface area contributed by atoms with Crippen molar-refractivity contribution >= 4 is 17.7 Å². The number of methoxy groups -OCH3 is 1. The molecule has 1 atom stereocenters. The average molecular weight is 395 g/mol. The lowest BCUT2D eigenvalue weighted by Gasteiger charge is -2.30. The SMILES string of the molecule is COc1ccc(-c2nc(S[C@@H](C)C(=O)N3CCc4ccccc4C3)n[nH]2)cc1. The van der Waals surface area contributed by atoms with E-state index in [1.165, 1.54) is 22.9 Å². The molecule has 0 aliphatic carbocycles. The van der Waals surface area contributed by atoms with Gasteiger partial charge in [0.2, 0.25) is 11.1 Å². The Hall–Kier alpha value is -2.80. The number of ether oxygens (including phenoxy) is 1. The van der Waals surface area contributed by atoms with Crippen molar-refractivity contribution in [2.24, 2.45) is 0 Å². The van der Waals surface area contributed by atoms with Crippen molar-refractivity contribution in [3.63, 3.8) is 0 Å². The third kappa shape index (κ3) is 3.89. The maximum absolute atomic E-state index is 12.9. The minimum atomic E-state index is -0.246. The van der Waals surface area contributed by atoms with E-state index in [4.69, 9.17) is 4.74 Å². The number of rotatable bonds is 5. The molecule has 1 aliphatic heterocycles. The number of carbonyl (C=O) groups excluding carboxylic acids is 1. The van der Waals surface area contributed by atoms with Gasteiger partial charge in [-0.05, 0) is 48.7 Å². The van der Waals surface area contributed by atoms with Crippen molar-refractivity contribution in [1.29, 1.82) is 0 Å². The fraction of sp³-hybridized carbons (Fsp3) is 0.286. The van der Waals surface area contributed by atoms with Gasteiger partial charge in [-0.25, -0.2) is 4.98 Å². The average Bonchev–Trinajstić information content (AvgIpc) is 3.21. The van der Waals surface area contributed by atoms with Gasteiger partial charge >= 0.3 is 0 Å². The summed E-state index contributed by atoms with van der Waals surface area (Å²) in [6.45, 7) is 3.34. The first-order valence-electron chi connectivity index (χ1n) is 9.23. The number of carbonyl (C=O) groups is 1. The Bertz CT molecular complexity index is 971. The van der Waals surface area contributed by atoms with E-state index in [2.05, 4.69) is 33.4 Å². The minimum Gasteiger partial charge on any atom is -0.497 e. The van der Waals surface area contributed by atoms with Crippen LogP contribution >= 0.6 is 11.8 Å². The number of benzene rings is 2. The molecule has 2 aromatic carbocycles. The summed E-state index contributed by atoms with van der Waals surface area (Å²) in [5.41, 5.74) is 3.50. The Kier molecular flexibility index (Phi) is 5.34. The van der Waals surface area contributed by atoms with Crippen LogP contribution in [0.4, 0.5) is 0 Å². The second-order valence-corrected chi connectivity index (χ2v) is 8.04. The fourth-order valence-electron chi connectivity index (χ4n) is 3.33. The normalized spacial score (nSPS) is 14.4. The van der Waals surface area contributed by atoms with Gasteiger partial charge in [0.05, 0.1) is 12.4 Å². The van der Waals surface area contributed by atoms with E-state index in [0.29, 0.717) is 17.5 Å². The molecule has 1 aromatic heterocycles. The fourth-order valence-corrected chi connectivity index (χ4v) is 4.14. The lowest BCUT2D eigenvalue weighted by Crippen LogP contribution is -2.40. The Balaban J connectivity index is 1.40. The van der Waals surface area contributed by atoms with Gasteiger partial charge in [0, 0.05) is 18.7 Å². The number of hydrogen-bond donors (Lipinski definition) is 1. The highest BCUT2D eigenvalue weighted by atomic mass is 32.2. The van der Waals surface area contributed by atoms with Crippen LogP contribution in [0.2, 0.25) is 0 Å². The summed E-state index contributed by atoms with van der Waals surface area (Å²) < 4.78 is 5.18. The third-order valence-corrected chi connectivity index (χ3v) is 5.85. The topological polar surface area (TPSA) is 71.1 Å². The molecule has 3 aromatic rings. The molecule has 0 radical (unpaired) electrons. The van der Waals surface area contributed by atoms with E-state index in [-0.39, 0.29) is 11.2 Å². The highest BCUT2D eigenvalue weighted by Gasteiger charge is 2.26. The molecule has 0 bridgehead atoms. The summed E-state index contributed by atoms with van der Waals surface area (Å²) in [4.78, 5) is 19.3. The first-order chi connectivity index (χ1) is 13.6. The van der Waals surface area contributed by atoms with Crippen LogP contribution in [0.25, 0.3) is 11.4 Å². The molecule has 0 saturated carbocycles. The summed E-state index contributed by atoms with van der Waals surface area (Å²) >= 11 is 1.38. The van der Waals surface area contributed by atoms with Crippen molar-refractivity contribution in [2.75, 3.05) is 13.7 Å². The molecule has 144 valence electrons. The Morgan fingerprint density at radius 1 is 1.18 bits per heavy atom. The number of fused-ring (bicyclic) bond motifs is 1. The largest absolute Gasteiger partial charge is 0.497 e. The van der Waals surface area contributed by atoms with Crippen molar-refractivity contribution in [3.8, 4) is 17.1 Å². The van der Waals surface area contributed by atoms with Crippen molar-refractivity contribution < 1.29 is 9.53 Å². The molecule has 28 heavy (non-hydrogen) atoms. The lowest BCUT2D eigenvalue weighted by molar-refractivity contribution is -0.131. The zero-order chi connectivity index (χ0) is 19.5. The predicted octanol–water partition coefficient (Wildman–Crippen LogP) is 3.55. The number of hydrogen-bond acceptors (Lipinski definition) is 5. The molecule has 6 nitrogen and oxygen atoms in total. The van der Waals surface area contributed by atoms with E-state index in [1.807, 2.05) is 42.2 Å². The van der Waals surface area contributed by atoms with Gasteiger partial charge in [-0.15, -0.1) is 5.10 Å². The van der Waals surface area contributed by atoms with Gasteiger partial charge in [-0.2, -0.15) is 0 Å². The lowest BCUT2D eigenvalue weighted by atomic mass is 10.00. The van der Waals surface area contributed by atoms with Gasteiger partial charge in [0.15, 0.2) is 5.82 Å². The van der Waals surface area contributed by atoms with E-state index >= 15 is 0 Å². The molecule has 7 heteroatoms. The Labute approximate surface area is 168 Å². The minimum absolute atomic E-state index is 0.121. The van der Waals surface area contributed by atoms with Gasteiger partial charge in [-0.3, -0.25) is 9.89 Å². The molecule has 2 heterocycles. The maximum Gasteiger partial charge on any atom is 0.236 e. The van der Waals surface area contributed by atoms with Crippen LogP contribution in [-0.4, -0.2) is 44.9 Å². The zero-order valence-corrected chi connectivity index (χ0v) is 16.7. The highest BCUT2D eigenvalue weighted by molar-refractivity contribution is 8.00. The second kappa shape index (κ2) is 8.06. The van der Waals surface area contributed by atoms with E-state index in [9.17, 15) is 4.79 Å². The molecule has 0 spiro atoms. The molecule has 0 fully saturated rings. The van der Waals surface area contributed by atoms with Crippen LogP contribution in [0.15, 0.2) is 53.7 Å². The number of nitrogens with one attached hydrogen (secondary N) is 1. The van der Waals surface area contributed by atoms with Crippen molar-refractivity contribution in [2.45, 2.75) is 30.3 Å². The zero-order valence-electron chi connectivity index (χ0n) is 15.9. The van der Waals surface area contributed by atoms with Gasteiger partial charge < -0.3 is 9.64 Å². The summed E-state index contributed by atoms with van der Waals surface area (Å²) in [6.07, 6.45) is 0.904. The number of amides is 1. The van der Waals surface area contributed by atoms with Crippen molar-refractivity contribution in [3.05, 3.63) is 59.7 Å². The standard InChI is InChI=1S/C21H22N4O2S/c1-14(20(26)25-12-11-15-5-3-4-6-17(15)13-25)28-21-22-19(23-24-21)16-7-9-18(27-2)10-8-16/h3-10,14H,11-13H2,1-2H3,(H,22,23,24)/t14-/m0/s1. The molecule has 0 unspecified atom stereocenters. The smallest absolute Gasteiger partial charge is 0.236 e. The van der Waals surface area contributed by atoms with Crippen LogP contribution in [-0.2, 0) is 17.8 Å². The number of aromatic nitrogens is 3. The van der Waals surface area contributed by atoms with Gasteiger partial charge in [0.25, 0.3) is 0 Å². The summed E-state index contributed by atoms with van der Waals surface area (Å²) in [5.74, 6) is 1.59. The molecular weight excluding hydrogens is 372 g/mol. The first kappa shape index (κ1) is 18.6. The summed E-state index contributed by atoms with van der Waals surface area (Å²) in [5, 5.41) is 7.54. The van der Waals surface area contributed by atoms with Crippen molar-refractivity contribution in [1.82, 2.24) is 20.1 Å². The molecule has 1 amide bonds. The monoisotopic (exact) mass is 394 g/mol. The number of nitrogens with zero attached hydrogens (tertiary/aromatic N) is 3. The molecular formula is C21H22N4O2S. The summed E-state index contributed by atoms with van der Waals surface area (Å²) in [6, 6.07) is 15.9. The predicted molar refractivity (Wildman–Crippen MR) is 109 cm³/mol. The molecule has 0 saturated heterocycles. The second-order valence-electron chi connectivity index (χ2n) is 6.73. The number of thioether (sulfide) groups is 1. The first-order valence-corrected chi connectivity index (χ1v) is 10.1. The van der Waals surface area contributed by atoms with E-state index < -0.39 is 0 Å². The van der Waals surface area contributed by atoms with Crippen LogP contribution in [0.1, 0.15) is 18.1 Å². The van der Waals surface area contributed by atoms with Crippen LogP contribution in [0.3, 0.4) is 0 Å².